The van der Waals surface area contributed by atoms with Gasteiger partial charge in [0.25, 0.3) is 0 Å². The van der Waals surface area contributed by atoms with Gasteiger partial charge < -0.3 is 14.9 Å². The Morgan fingerprint density at radius 2 is 1.86 bits per heavy atom. The van der Waals surface area contributed by atoms with Crippen molar-refractivity contribution in [3.05, 3.63) is 12.7 Å². The number of nitrogens with zero attached hydrogens (tertiary/aromatic N) is 1. The second-order valence-corrected chi connectivity index (χ2v) is 6.87. The number of hydrogen-bond donors (Lipinski definition) is 2. The first-order valence-corrected chi connectivity index (χ1v) is 7.36. The van der Waals surface area contributed by atoms with Crippen LogP contribution >= 0.6 is 22.6 Å². The molecule has 0 aromatic rings. The summed E-state index contributed by atoms with van der Waals surface area (Å²) < 4.78 is 4.73. The zero-order valence-corrected chi connectivity index (χ0v) is 14.9. The van der Waals surface area contributed by atoms with Crippen LogP contribution in [0.15, 0.2) is 12.7 Å². The average Bonchev–Trinajstić information content (AvgIpc) is 2.38. The van der Waals surface area contributed by atoms with Gasteiger partial charge in [-0.05, 0) is 33.6 Å². The molecule has 0 rings (SSSR count). The summed E-state index contributed by atoms with van der Waals surface area (Å²) in [6, 6.07) is 2.21. The number of aliphatic carboxylic acids is 2. The number of carbonyl (C=O) groups is 2. The quantitative estimate of drug-likeness (QED) is 0.379. The monoisotopic (exact) mass is 411 g/mol. The molecular formula is C14H22INO5. The van der Waals surface area contributed by atoms with Crippen molar-refractivity contribution in [2.24, 2.45) is 5.41 Å². The number of hydrogen-bond acceptors (Lipinski definition) is 4. The summed E-state index contributed by atoms with van der Waals surface area (Å²) >= 11 is 1.85. The number of alkyl halides is 1. The van der Waals surface area contributed by atoms with E-state index in [1.165, 1.54) is 0 Å². The van der Waals surface area contributed by atoms with Crippen molar-refractivity contribution in [2.75, 3.05) is 7.11 Å². The molecule has 0 aliphatic rings. The summed E-state index contributed by atoms with van der Waals surface area (Å²) in [5, 5.41) is 25.6. The molecule has 0 aliphatic heterocycles. The number of carboxylic acids is 2. The molecule has 120 valence electrons. The number of halogens is 1. The van der Waals surface area contributed by atoms with E-state index in [4.69, 9.17) is 14.9 Å². The Bertz CT molecular complexity index is 416. The van der Waals surface area contributed by atoms with E-state index in [9.17, 15) is 14.9 Å². The van der Waals surface area contributed by atoms with Gasteiger partial charge in [0.05, 0.1) is 17.1 Å². The fourth-order valence-electron chi connectivity index (χ4n) is 1.65. The summed E-state index contributed by atoms with van der Waals surface area (Å²) in [7, 11) is 1.59. The molecule has 2 unspecified atom stereocenters. The summed E-state index contributed by atoms with van der Waals surface area (Å²) in [5.74, 6) is -1.86. The molecule has 21 heavy (non-hydrogen) atoms. The Balaban J connectivity index is 0. The van der Waals surface area contributed by atoms with Gasteiger partial charge in [-0.25, -0.2) is 4.79 Å². The highest BCUT2D eigenvalue weighted by molar-refractivity contribution is 14.1. The molecule has 2 N–H and O–H groups in total. The van der Waals surface area contributed by atoms with Crippen LogP contribution < -0.4 is 0 Å². The third-order valence-corrected chi connectivity index (χ3v) is 3.68. The van der Waals surface area contributed by atoms with Crippen LogP contribution in [0.1, 0.15) is 33.6 Å². The fraction of sp³-hybridized carbons (Fsp3) is 0.643. The zero-order chi connectivity index (χ0) is 17.3. The molecule has 0 radical (unpaired) electrons. The van der Waals surface area contributed by atoms with E-state index in [2.05, 4.69) is 12.6 Å². The number of carboxylic acid groups (broad SMARTS) is 2. The van der Waals surface area contributed by atoms with Gasteiger partial charge >= 0.3 is 11.9 Å². The smallest absolute Gasteiger partial charge is 0.327 e. The van der Waals surface area contributed by atoms with E-state index < -0.39 is 26.9 Å². The molecule has 7 heteroatoms. The molecule has 0 aromatic heterocycles. The first-order chi connectivity index (χ1) is 9.43. The number of methoxy groups -OCH3 is 1. The Kier molecular flexibility index (Phi) is 10.3. The molecule has 0 saturated carbocycles. The number of rotatable bonds is 7. The van der Waals surface area contributed by atoms with E-state index >= 15 is 0 Å². The molecule has 0 aliphatic carbocycles. The Hall–Kier alpha value is -1.14. The Labute approximate surface area is 138 Å². The van der Waals surface area contributed by atoms with Crippen LogP contribution in [0.5, 0.6) is 0 Å². The lowest BCUT2D eigenvalue weighted by Crippen LogP contribution is -2.34. The molecular weight excluding hydrogens is 389 g/mol. The van der Waals surface area contributed by atoms with E-state index in [1.807, 2.05) is 36.4 Å². The largest absolute Gasteiger partial charge is 0.480 e. The second kappa shape index (κ2) is 9.73. The first-order valence-electron chi connectivity index (χ1n) is 6.11. The van der Waals surface area contributed by atoms with Crippen molar-refractivity contribution in [1.29, 1.82) is 5.26 Å². The maximum atomic E-state index is 10.8. The summed E-state index contributed by atoms with van der Waals surface area (Å²) in [4.78, 5) is 20.0. The standard InChI is InChI=1S/C11H18INO3.C3H4O2/c1-10(2,16-4)6-11(3,7-13)5-8(12)9(14)15;1-2-3(4)5/h8H,5-6H2,1-4H3,(H,14,15);2H,1H2,(H,4,5). The minimum Gasteiger partial charge on any atom is -0.480 e. The summed E-state index contributed by atoms with van der Waals surface area (Å²) in [5.41, 5.74) is -1.09. The van der Waals surface area contributed by atoms with Crippen LogP contribution in [0.2, 0.25) is 0 Å². The first kappa shape index (κ1) is 22.1. The van der Waals surface area contributed by atoms with Gasteiger partial charge in [-0.3, -0.25) is 4.79 Å². The molecule has 0 fully saturated rings. The van der Waals surface area contributed by atoms with Crippen LogP contribution in [0.3, 0.4) is 0 Å². The van der Waals surface area contributed by atoms with Crippen molar-refractivity contribution in [1.82, 2.24) is 0 Å². The topological polar surface area (TPSA) is 108 Å². The van der Waals surface area contributed by atoms with Crippen LogP contribution in [0.4, 0.5) is 0 Å². The predicted molar refractivity (Wildman–Crippen MR) is 87.3 cm³/mol. The minimum absolute atomic E-state index is 0.326. The number of ether oxygens (including phenoxy) is 1. The molecule has 0 bridgehead atoms. The molecule has 0 amide bonds. The SMILES string of the molecule is C=CC(=O)O.COC(C)(C)CC(C)(C#N)CC(I)C(=O)O. The van der Waals surface area contributed by atoms with Crippen molar-refractivity contribution < 1.29 is 24.5 Å². The lowest BCUT2D eigenvalue weighted by atomic mass is 9.78. The molecule has 0 saturated heterocycles. The van der Waals surface area contributed by atoms with E-state index in [0.717, 1.165) is 6.08 Å². The lowest BCUT2D eigenvalue weighted by Gasteiger charge is -2.32. The van der Waals surface area contributed by atoms with Gasteiger partial charge in [0.2, 0.25) is 0 Å². The van der Waals surface area contributed by atoms with Crippen molar-refractivity contribution >= 4 is 34.5 Å². The molecule has 0 heterocycles. The van der Waals surface area contributed by atoms with E-state index in [1.54, 1.807) is 14.0 Å². The van der Waals surface area contributed by atoms with Crippen LogP contribution in [0, 0.1) is 16.7 Å². The Morgan fingerprint density at radius 1 is 1.43 bits per heavy atom. The lowest BCUT2D eigenvalue weighted by molar-refractivity contribution is -0.136. The number of nitriles is 1. The van der Waals surface area contributed by atoms with Crippen molar-refractivity contribution in [3.8, 4) is 6.07 Å². The highest BCUT2D eigenvalue weighted by Crippen LogP contribution is 2.35. The predicted octanol–water partition coefficient (Wildman–Crippen LogP) is 2.87. The van der Waals surface area contributed by atoms with Gasteiger partial charge in [-0.15, -0.1) is 0 Å². The molecule has 2 atom stereocenters. The maximum absolute atomic E-state index is 10.8. The van der Waals surface area contributed by atoms with Crippen LogP contribution in [-0.2, 0) is 14.3 Å². The second-order valence-electron chi connectivity index (χ2n) is 5.37. The van der Waals surface area contributed by atoms with Gasteiger partial charge in [-0.2, -0.15) is 5.26 Å². The van der Waals surface area contributed by atoms with Gasteiger partial charge in [0.15, 0.2) is 0 Å². The highest BCUT2D eigenvalue weighted by atomic mass is 127. The Morgan fingerprint density at radius 3 is 2.10 bits per heavy atom. The molecule has 0 aromatic carbocycles. The van der Waals surface area contributed by atoms with Crippen molar-refractivity contribution in [3.63, 3.8) is 0 Å². The van der Waals surface area contributed by atoms with Crippen LogP contribution in [0.25, 0.3) is 0 Å². The zero-order valence-electron chi connectivity index (χ0n) is 12.7. The van der Waals surface area contributed by atoms with E-state index in [-0.39, 0.29) is 0 Å². The van der Waals surface area contributed by atoms with Crippen LogP contribution in [-0.4, -0.2) is 38.8 Å². The maximum Gasteiger partial charge on any atom is 0.327 e. The van der Waals surface area contributed by atoms with Gasteiger partial charge in [0.1, 0.15) is 3.92 Å². The molecule has 0 spiro atoms. The summed E-state index contributed by atoms with van der Waals surface area (Å²) in [6.45, 7) is 8.53. The minimum atomic E-state index is -0.981. The third kappa shape index (κ3) is 11.2. The highest BCUT2D eigenvalue weighted by Gasteiger charge is 2.36. The summed E-state index contributed by atoms with van der Waals surface area (Å²) in [6.07, 6.45) is 1.67. The third-order valence-electron chi connectivity index (χ3n) is 2.71. The van der Waals surface area contributed by atoms with Gasteiger partial charge in [0, 0.05) is 13.2 Å². The van der Waals surface area contributed by atoms with E-state index in [0.29, 0.717) is 12.8 Å². The average molecular weight is 411 g/mol. The molecule has 6 nitrogen and oxygen atoms in total. The van der Waals surface area contributed by atoms with Gasteiger partial charge in [-0.1, -0.05) is 29.2 Å². The van der Waals surface area contributed by atoms with Crippen molar-refractivity contribution in [2.45, 2.75) is 43.1 Å². The fourth-order valence-corrected chi connectivity index (χ4v) is 2.62. The normalized spacial score (nSPS) is 14.7.